The number of nitrogens with one attached hydrogen (secondary N) is 2. The molecule has 3 rings (SSSR count). The maximum Gasteiger partial charge on any atom is 0.251 e. The highest BCUT2D eigenvalue weighted by Gasteiger charge is 2.26. The summed E-state index contributed by atoms with van der Waals surface area (Å²) in [6, 6.07) is 7.61. The molecule has 1 amide bonds. The summed E-state index contributed by atoms with van der Waals surface area (Å²) < 4.78 is 1.85. The Bertz CT molecular complexity index is 786. The largest absolute Gasteiger partial charge is 0.355 e. The summed E-state index contributed by atoms with van der Waals surface area (Å²) in [5.74, 6) is 1.33. The van der Waals surface area contributed by atoms with Crippen molar-refractivity contribution >= 4 is 35.8 Å². The first kappa shape index (κ1) is 21.2. The summed E-state index contributed by atoms with van der Waals surface area (Å²) in [6.07, 6.45) is 5.16. The van der Waals surface area contributed by atoms with E-state index < -0.39 is 0 Å². The first-order valence-corrected chi connectivity index (χ1v) is 8.86. The Kier molecular flexibility index (Phi) is 7.64. The third-order valence-corrected chi connectivity index (χ3v) is 4.79. The third-order valence-electron chi connectivity index (χ3n) is 4.79. The van der Waals surface area contributed by atoms with Crippen molar-refractivity contribution < 1.29 is 4.79 Å². The van der Waals surface area contributed by atoms with Crippen molar-refractivity contribution in [2.75, 3.05) is 27.2 Å². The third kappa shape index (κ3) is 5.21. The first-order chi connectivity index (χ1) is 12.6. The number of carbonyl (C=O) groups excluding carboxylic acids is 1. The highest BCUT2D eigenvalue weighted by atomic mass is 127. The van der Waals surface area contributed by atoms with E-state index in [0.717, 1.165) is 31.0 Å². The van der Waals surface area contributed by atoms with Crippen LogP contribution in [0.25, 0.3) is 0 Å². The monoisotopic (exact) mass is 482 g/mol. The van der Waals surface area contributed by atoms with Gasteiger partial charge in [0.15, 0.2) is 5.96 Å². The molecule has 0 spiro atoms. The molecule has 1 atom stereocenters. The number of hydrogen-bond donors (Lipinski definition) is 2. The lowest BCUT2D eigenvalue weighted by Crippen LogP contribution is -2.39. The minimum atomic E-state index is -0.0705. The van der Waals surface area contributed by atoms with Gasteiger partial charge in [0, 0.05) is 58.5 Å². The molecule has 2 N–H and O–H groups in total. The number of aromatic nitrogens is 2. The summed E-state index contributed by atoms with van der Waals surface area (Å²) in [5, 5.41) is 10.3. The second-order valence-corrected chi connectivity index (χ2v) is 6.56. The number of likely N-dealkylation sites (tertiary alicyclic amines) is 1. The molecule has 0 saturated carbocycles. The highest BCUT2D eigenvalue weighted by molar-refractivity contribution is 14.0. The van der Waals surface area contributed by atoms with Crippen LogP contribution in [0, 0.1) is 0 Å². The smallest absolute Gasteiger partial charge is 0.251 e. The quantitative estimate of drug-likeness (QED) is 0.397. The SMILES string of the molecule is CN=C(NCc1ccc(C(=O)NC)cc1)N1CCC(c2cnn(C)c2)C1.I. The van der Waals surface area contributed by atoms with E-state index in [1.54, 1.807) is 7.05 Å². The molecular formula is C19H27IN6O. The van der Waals surface area contributed by atoms with Gasteiger partial charge in [-0.25, -0.2) is 0 Å². The Morgan fingerprint density at radius 3 is 2.67 bits per heavy atom. The van der Waals surface area contributed by atoms with Gasteiger partial charge >= 0.3 is 0 Å². The lowest BCUT2D eigenvalue weighted by molar-refractivity contribution is 0.0963. The van der Waals surface area contributed by atoms with Crippen LogP contribution in [0.3, 0.4) is 0 Å². The number of aliphatic imine (C=N–C) groups is 1. The minimum Gasteiger partial charge on any atom is -0.355 e. The van der Waals surface area contributed by atoms with Crippen LogP contribution in [-0.2, 0) is 13.6 Å². The Hall–Kier alpha value is -2.10. The van der Waals surface area contributed by atoms with Gasteiger partial charge in [-0.05, 0) is 29.7 Å². The molecule has 1 saturated heterocycles. The normalized spacial score (nSPS) is 16.8. The number of carbonyl (C=O) groups is 1. The molecule has 146 valence electrons. The van der Waals surface area contributed by atoms with Crippen LogP contribution in [0.15, 0.2) is 41.7 Å². The van der Waals surface area contributed by atoms with Crippen molar-refractivity contribution in [2.45, 2.75) is 18.9 Å². The molecule has 0 bridgehead atoms. The number of nitrogens with zero attached hydrogens (tertiary/aromatic N) is 4. The van der Waals surface area contributed by atoms with Crippen LogP contribution in [-0.4, -0.2) is 53.7 Å². The summed E-state index contributed by atoms with van der Waals surface area (Å²) >= 11 is 0. The van der Waals surface area contributed by atoms with Crippen LogP contribution < -0.4 is 10.6 Å². The predicted octanol–water partition coefficient (Wildman–Crippen LogP) is 1.96. The number of amides is 1. The fourth-order valence-electron chi connectivity index (χ4n) is 3.31. The average molecular weight is 482 g/mol. The number of rotatable bonds is 4. The fourth-order valence-corrected chi connectivity index (χ4v) is 3.31. The van der Waals surface area contributed by atoms with Crippen molar-refractivity contribution in [3.63, 3.8) is 0 Å². The molecule has 2 aromatic rings. The minimum absolute atomic E-state index is 0. The van der Waals surface area contributed by atoms with Crippen molar-refractivity contribution in [3.05, 3.63) is 53.3 Å². The molecule has 1 aliphatic rings. The van der Waals surface area contributed by atoms with Gasteiger partial charge in [0.05, 0.1) is 6.20 Å². The second kappa shape index (κ2) is 9.72. The van der Waals surface area contributed by atoms with Gasteiger partial charge in [-0.2, -0.15) is 5.10 Å². The molecule has 1 unspecified atom stereocenters. The number of guanidine groups is 1. The van der Waals surface area contributed by atoms with Crippen molar-refractivity contribution in [3.8, 4) is 0 Å². The molecule has 1 aliphatic heterocycles. The van der Waals surface area contributed by atoms with Crippen LogP contribution in [0.1, 0.15) is 33.8 Å². The van der Waals surface area contributed by atoms with E-state index in [4.69, 9.17) is 0 Å². The van der Waals surface area contributed by atoms with E-state index in [2.05, 4.69) is 31.8 Å². The van der Waals surface area contributed by atoms with Gasteiger partial charge in [-0.3, -0.25) is 14.5 Å². The molecule has 1 aromatic carbocycles. The summed E-state index contributed by atoms with van der Waals surface area (Å²) in [4.78, 5) is 18.3. The Balaban J connectivity index is 0.00000261. The molecule has 27 heavy (non-hydrogen) atoms. The van der Waals surface area contributed by atoms with Gasteiger partial charge < -0.3 is 15.5 Å². The molecule has 0 aliphatic carbocycles. The average Bonchev–Trinajstić information content (AvgIpc) is 3.31. The van der Waals surface area contributed by atoms with Crippen LogP contribution in [0.4, 0.5) is 0 Å². The maximum absolute atomic E-state index is 11.6. The Morgan fingerprint density at radius 2 is 2.07 bits per heavy atom. The molecule has 1 fully saturated rings. The summed E-state index contributed by atoms with van der Waals surface area (Å²) in [6.45, 7) is 2.60. The zero-order valence-corrected chi connectivity index (χ0v) is 18.3. The van der Waals surface area contributed by atoms with E-state index in [9.17, 15) is 4.79 Å². The summed E-state index contributed by atoms with van der Waals surface area (Å²) in [5.41, 5.74) is 3.07. The fraction of sp³-hybridized carbons (Fsp3) is 0.421. The van der Waals surface area contributed by atoms with E-state index in [1.807, 2.05) is 49.2 Å². The number of aryl methyl sites for hydroxylation is 1. The molecular weight excluding hydrogens is 455 g/mol. The van der Waals surface area contributed by atoms with Crippen molar-refractivity contribution in [1.82, 2.24) is 25.3 Å². The van der Waals surface area contributed by atoms with E-state index >= 15 is 0 Å². The van der Waals surface area contributed by atoms with E-state index in [0.29, 0.717) is 18.0 Å². The number of halogens is 1. The molecule has 8 heteroatoms. The van der Waals surface area contributed by atoms with E-state index in [-0.39, 0.29) is 29.9 Å². The van der Waals surface area contributed by atoms with Crippen molar-refractivity contribution in [1.29, 1.82) is 0 Å². The molecule has 1 aromatic heterocycles. The topological polar surface area (TPSA) is 74.6 Å². The standard InChI is InChI=1S/C19H26N6O.HI/c1-20-18(26)15-6-4-14(5-7-15)10-22-19(21-2)25-9-8-16(13-25)17-11-23-24(3)12-17;/h4-7,11-12,16H,8-10,13H2,1-3H3,(H,20,26)(H,21,22);1H. The molecule has 2 heterocycles. The van der Waals surface area contributed by atoms with Crippen LogP contribution >= 0.6 is 24.0 Å². The lowest BCUT2D eigenvalue weighted by Gasteiger charge is -2.21. The van der Waals surface area contributed by atoms with Gasteiger partial charge in [0.1, 0.15) is 0 Å². The Labute approximate surface area is 177 Å². The van der Waals surface area contributed by atoms with Gasteiger partial charge in [-0.1, -0.05) is 12.1 Å². The van der Waals surface area contributed by atoms with Gasteiger partial charge in [0.25, 0.3) is 5.91 Å². The van der Waals surface area contributed by atoms with Gasteiger partial charge in [-0.15, -0.1) is 24.0 Å². The zero-order valence-electron chi connectivity index (χ0n) is 16.0. The maximum atomic E-state index is 11.6. The lowest BCUT2D eigenvalue weighted by atomic mass is 10.0. The Morgan fingerprint density at radius 1 is 1.33 bits per heavy atom. The van der Waals surface area contributed by atoms with E-state index in [1.165, 1.54) is 5.56 Å². The predicted molar refractivity (Wildman–Crippen MR) is 118 cm³/mol. The summed E-state index contributed by atoms with van der Waals surface area (Å²) in [7, 11) is 5.40. The first-order valence-electron chi connectivity index (χ1n) is 8.86. The number of benzene rings is 1. The molecule has 0 radical (unpaired) electrons. The van der Waals surface area contributed by atoms with Crippen LogP contribution in [0.2, 0.25) is 0 Å². The highest BCUT2D eigenvalue weighted by Crippen LogP contribution is 2.26. The number of hydrogen-bond acceptors (Lipinski definition) is 3. The zero-order chi connectivity index (χ0) is 18.5. The van der Waals surface area contributed by atoms with Crippen molar-refractivity contribution in [2.24, 2.45) is 12.0 Å². The molecule has 7 nitrogen and oxygen atoms in total. The second-order valence-electron chi connectivity index (χ2n) is 6.56. The van der Waals surface area contributed by atoms with Gasteiger partial charge in [0.2, 0.25) is 0 Å². The van der Waals surface area contributed by atoms with Crippen LogP contribution in [0.5, 0.6) is 0 Å².